The normalized spacial score (nSPS) is 13.1. The van der Waals surface area contributed by atoms with Crippen LogP contribution in [0.1, 0.15) is 22.6 Å². The zero-order valence-electron chi connectivity index (χ0n) is 16.9. The van der Waals surface area contributed by atoms with E-state index < -0.39 is 11.6 Å². The minimum absolute atomic E-state index is 0.00299. The number of alkyl halides is 3. The quantitative estimate of drug-likeness (QED) is 0.413. The fourth-order valence-corrected chi connectivity index (χ4v) is 4.31. The number of fused-ring (bicyclic) bond motifs is 3. The predicted molar refractivity (Wildman–Crippen MR) is 120 cm³/mol. The molecule has 164 valence electrons. The molecule has 0 heterocycles. The third-order valence-electron chi connectivity index (χ3n) is 5.13. The van der Waals surface area contributed by atoms with Crippen LogP contribution in [-0.2, 0) is 4.74 Å². The van der Waals surface area contributed by atoms with Gasteiger partial charge in [-0.05, 0) is 51.7 Å². The maximum absolute atomic E-state index is 12.4. The summed E-state index contributed by atoms with van der Waals surface area (Å²) in [7, 11) is 0. The third-order valence-corrected chi connectivity index (χ3v) is 5.87. The molecule has 1 aliphatic rings. The van der Waals surface area contributed by atoms with Crippen molar-refractivity contribution in [1.29, 1.82) is 0 Å². The monoisotopic (exact) mass is 455 g/mol. The molecule has 0 unspecified atom stereocenters. The van der Waals surface area contributed by atoms with Crippen LogP contribution in [0.5, 0.6) is 0 Å². The van der Waals surface area contributed by atoms with Gasteiger partial charge in [0, 0.05) is 17.4 Å². The van der Waals surface area contributed by atoms with Gasteiger partial charge in [0.25, 0.3) is 0 Å². The summed E-state index contributed by atoms with van der Waals surface area (Å²) in [6.07, 6.45) is 2.92. The van der Waals surface area contributed by atoms with Crippen molar-refractivity contribution in [2.45, 2.75) is 16.3 Å². The van der Waals surface area contributed by atoms with Crippen molar-refractivity contribution in [3.05, 3.63) is 95.6 Å². The summed E-state index contributed by atoms with van der Waals surface area (Å²) in [5.41, 5.74) is 1.07. The number of ether oxygens (including phenoxy) is 1. The molecule has 1 amide bonds. The molecule has 3 aromatic rings. The van der Waals surface area contributed by atoms with Crippen LogP contribution in [0.25, 0.3) is 17.2 Å². The van der Waals surface area contributed by atoms with E-state index in [4.69, 9.17) is 4.74 Å². The highest BCUT2D eigenvalue weighted by Crippen LogP contribution is 2.44. The minimum Gasteiger partial charge on any atom is -0.449 e. The van der Waals surface area contributed by atoms with E-state index in [-0.39, 0.29) is 35.7 Å². The van der Waals surface area contributed by atoms with Gasteiger partial charge >= 0.3 is 11.6 Å². The number of hydrogen-bond acceptors (Lipinski definition) is 3. The Balaban J connectivity index is 1.27. The van der Waals surface area contributed by atoms with Crippen molar-refractivity contribution in [3.8, 4) is 11.1 Å². The fourth-order valence-electron chi connectivity index (χ4n) is 3.77. The second-order valence-corrected chi connectivity index (χ2v) is 8.36. The molecule has 3 aromatic carbocycles. The van der Waals surface area contributed by atoms with Crippen LogP contribution in [0.4, 0.5) is 18.0 Å². The minimum atomic E-state index is -4.30. The first-order valence-corrected chi connectivity index (χ1v) is 10.8. The predicted octanol–water partition coefficient (Wildman–Crippen LogP) is 6.85. The Kier molecular flexibility index (Phi) is 6.55. The number of rotatable bonds is 6. The molecule has 0 aromatic heterocycles. The molecule has 32 heavy (non-hydrogen) atoms. The molecule has 4 rings (SSSR count). The number of amides is 1. The van der Waals surface area contributed by atoms with Crippen molar-refractivity contribution in [3.63, 3.8) is 0 Å². The van der Waals surface area contributed by atoms with Gasteiger partial charge in [-0.1, -0.05) is 72.8 Å². The van der Waals surface area contributed by atoms with Gasteiger partial charge < -0.3 is 10.1 Å². The topological polar surface area (TPSA) is 38.3 Å². The van der Waals surface area contributed by atoms with Gasteiger partial charge in [-0.3, -0.25) is 0 Å². The van der Waals surface area contributed by atoms with Crippen molar-refractivity contribution in [1.82, 2.24) is 5.32 Å². The van der Waals surface area contributed by atoms with Crippen LogP contribution in [0, 0.1) is 0 Å². The summed E-state index contributed by atoms with van der Waals surface area (Å²) in [4.78, 5) is 12.3. The molecular weight excluding hydrogens is 435 g/mol. The first-order chi connectivity index (χ1) is 15.4. The molecule has 0 atom stereocenters. The molecule has 0 aliphatic heterocycles. The smallest absolute Gasteiger partial charge is 0.446 e. The molecule has 0 fully saturated rings. The summed E-state index contributed by atoms with van der Waals surface area (Å²) in [6, 6.07) is 22.3. The Hall–Kier alpha value is -3.19. The fraction of sp³-hybridized carbons (Fsp3) is 0.160. The number of hydrogen-bond donors (Lipinski definition) is 1. The number of carbonyl (C=O) groups excluding carboxylic acids is 1. The first-order valence-electron chi connectivity index (χ1n) is 10.0. The van der Waals surface area contributed by atoms with E-state index in [9.17, 15) is 18.0 Å². The Morgan fingerprint density at radius 1 is 0.938 bits per heavy atom. The molecule has 1 N–H and O–H groups in total. The van der Waals surface area contributed by atoms with E-state index in [2.05, 4.69) is 29.6 Å². The lowest BCUT2D eigenvalue weighted by Crippen LogP contribution is -2.26. The Labute approximate surface area is 188 Å². The molecule has 3 nitrogen and oxygen atoms in total. The molecule has 0 bridgehead atoms. The Bertz CT molecular complexity index is 1080. The average molecular weight is 456 g/mol. The van der Waals surface area contributed by atoms with Gasteiger partial charge in [-0.15, -0.1) is 0 Å². The zero-order chi connectivity index (χ0) is 22.6. The number of carbonyl (C=O) groups is 1. The molecule has 7 heteroatoms. The molecule has 1 aliphatic carbocycles. The van der Waals surface area contributed by atoms with Gasteiger partial charge in [0.05, 0.1) is 0 Å². The third kappa shape index (κ3) is 5.34. The first kappa shape index (κ1) is 22.0. The lowest BCUT2D eigenvalue weighted by molar-refractivity contribution is -0.0328. The van der Waals surface area contributed by atoms with Crippen LogP contribution >= 0.6 is 11.8 Å². The Morgan fingerprint density at radius 3 is 2.12 bits per heavy atom. The highest BCUT2D eigenvalue weighted by molar-refractivity contribution is 8.00. The maximum Gasteiger partial charge on any atom is 0.446 e. The number of nitrogens with one attached hydrogen (secondary N) is 1. The van der Waals surface area contributed by atoms with Crippen LogP contribution in [0.15, 0.2) is 83.8 Å². The van der Waals surface area contributed by atoms with E-state index in [0.29, 0.717) is 0 Å². The van der Waals surface area contributed by atoms with E-state index in [1.807, 2.05) is 24.3 Å². The van der Waals surface area contributed by atoms with Crippen molar-refractivity contribution in [2.75, 3.05) is 13.2 Å². The summed E-state index contributed by atoms with van der Waals surface area (Å²) in [5.74, 6) is -0.00299. The van der Waals surface area contributed by atoms with Gasteiger partial charge in [0.1, 0.15) is 6.61 Å². The summed E-state index contributed by atoms with van der Waals surface area (Å²) in [5, 5.41) is 2.67. The summed E-state index contributed by atoms with van der Waals surface area (Å²) < 4.78 is 42.6. The van der Waals surface area contributed by atoms with Crippen LogP contribution in [-0.4, -0.2) is 24.8 Å². The van der Waals surface area contributed by atoms with Gasteiger partial charge in [0.15, 0.2) is 0 Å². The SMILES string of the molecule is O=C(NCC=Cc1ccc(SC(F)(F)F)cc1)OCC1c2ccccc2-c2ccccc21. The van der Waals surface area contributed by atoms with Crippen LogP contribution < -0.4 is 5.32 Å². The summed E-state index contributed by atoms with van der Waals surface area (Å²) >= 11 is -0.149. The number of benzene rings is 3. The molecule has 0 saturated carbocycles. The van der Waals surface area contributed by atoms with Gasteiger partial charge in [0.2, 0.25) is 0 Å². The van der Waals surface area contributed by atoms with Gasteiger partial charge in [-0.2, -0.15) is 13.2 Å². The van der Waals surface area contributed by atoms with Crippen LogP contribution in [0.2, 0.25) is 0 Å². The van der Waals surface area contributed by atoms with E-state index in [0.717, 1.165) is 16.7 Å². The molecular formula is C25H20F3NO2S. The van der Waals surface area contributed by atoms with Crippen molar-refractivity contribution < 1.29 is 22.7 Å². The molecule has 0 spiro atoms. The van der Waals surface area contributed by atoms with E-state index in [1.165, 1.54) is 23.3 Å². The summed E-state index contributed by atoms with van der Waals surface area (Å²) in [6.45, 7) is 0.484. The van der Waals surface area contributed by atoms with Crippen molar-refractivity contribution >= 4 is 23.9 Å². The average Bonchev–Trinajstić information content (AvgIpc) is 3.09. The largest absolute Gasteiger partial charge is 0.449 e. The molecule has 0 radical (unpaired) electrons. The van der Waals surface area contributed by atoms with Crippen LogP contribution in [0.3, 0.4) is 0 Å². The maximum atomic E-state index is 12.4. The second-order valence-electron chi connectivity index (χ2n) is 7.23. The van der Waals surface area contributed by atoms with Gasteiger partial charge in [-0.25, -0.2) is 4.79 Å². The lowest BCUT2D eigenvalue weighted by Gasteiger charge is -2.14. The second kappa shape index (κ2) is 9.53. The number of thioether (sulfide) groups is 1. The van der Waals surface area contributed by atoms with E-state index in [1.54, 1.807) is 24.3 Å². The number of alkyl carbamates (subject to hydrolysis) is 1. The van der Waals surface area contributed by atoms with E-state index >= 15 is 0 Å². The highest BCUT2D eigenvalue weighted by Gasteiger charge is 2.29. The highest BCUT2D eigenvalue weighted by atomic mass is 32.2. The standard InChI is InChI=1S/C25H20F3NO2S/c26-25(27,28)32-18-13-11-17(12-14-18)6-5-15-29-24(30)31-16-23-21-9-3-1-7-19(21)20-8-2-4-10-22(20)23/h1-14,23H,15-16H2,(H,29,30). The zero-order valence-corrected chi connectivity index (χ0v) is 17.7. The molecule has 0 saturated heterocycles. The Morgan fingerprint density at radius 2 is 1.53 bits per heavy atom. The van der Waals surface area contributed by atoms with Crippen molar-refractivity contribution in [2.24, 2.45) is 0 Å². The lowest BCUT2D eigenvalue weighted by atomic mass is 9.98. The number of halogens is 3.